The molecule has 0 atom stereocenters. The van der Waals surface area contributed by atoms with Gasteiger partial charge in [0.15, 0.2) is 0 Å². The SMILES string of the molecule is O=C(NO)c1ccc(CNc2c3c(nc4ccccc24)CCCC3)cc1. The van der Waals surface area contributed by atoms with Gasteiger partial charge in [0.25, 0.3) is 5.91 Å². The number of carbonyl (C=O) groups is 1. The number of para-hydroxylation sites is 1. The highest BCUT2D eigenvalue weighted by Crippen LogP contribution is 2.33. The zero-order chi connectivity index (χ0) is 17.9. The maximum Gasteiger partial charge on any atom is 0.274 e. The van der Waals surface area contributed by atoms with Gasteiger partial charge in [-0.25, -0.2) is 5.48 Å². The Morgan fingerprint density at radius 3 is 2.62 bits per heavy atom. The lowest BCUT2D eigenvalue weighted by Crippen LogP contribution is -2.18. The van der Waals surface area contributed by atoms with Crippen LogP contribution in [0.5, 0.6) is 0 Å². The van der Waals surface area contributed by atoms with Crippen LogP contribution >= 0.6 is 0 Å². The number of hydrogen-bond donors (Lipinski definition) is 3. The fourth-order valence-corrected chi connectivity index (χ4v) is 3.60. The van der Waals surface area contributed by atoms with Crippen molar-refractivity contribution in [1.82, 2.24) is 10.5 Å². The molecule has 0 aliphatic heterocycles. The van der Waals surface area contributed by atoms with Gasteiger partial charge in [-0.05, 0) is 55.0 Å². The molecule has 0 spiro atoms. The van der Waals surface area contributed by atoms with E-state index < -0.39 is 5.91 Å². The Bertz CT molecular complexity index is 951. The first-order chi connectivity index (χ1) is 12.8. The summed E-state index contributed by atoms with van der Waals surface area (Å²) in [7, 11) is 0. The Morgan fingerprint density at radius 1 is 1.04 bits per heavy atom. The average molecular weight is 347 g/mol. The van der Waals surface area contributed by atoms with Gasteiger partial charge in [0.2, 0.25) is 0 Å². The first-order valence-corrected chi connectivity index (χ1v) is 8.94. The first-order valence-electron chi connectivity index (χ1n) is 8.94. The topological polar surface area (TPSA) is 74.2 Å². The number of carbonyl (C=O) groups excluding carboxylic acids is 1. The second-order valence-electron chi connectivity index (χ2n) is 6.63. The molecule has 26 heavy (non-hydrogen) atoms. The van der Waals surface area contributed by atoms with Gasteiger partial charge >= 0.3 is 0 Å². The van der Waals surface area contributed by atoms with Crippen LogP contribution in [0.15, 0.2) is 48.5 Å². The van der Waals surface area contributed by atoms with Crippen LogP contribution in [-0.2, 0) is 19.4 Å². The number of hydroxylamine groups is 1. The summed E-state index contributed by atoms with van der Waals surface area (Å²) in [6.45, 7) is 0.668. The number of fused-ring (bicyclic) bond motifs is 2. The molecule has 0 saturated carbocycles. The van der Waals surface area contributed by atoms with Gasteiger partial charge in [0.05, 0.1) is 5.52 Å². The van der Waals surface area contributed by atoms with E-state index in [1.54, 1.807) is 17.6 Å². The molecule has 3 N–H and O–H groups in total. The molecule has 132 valence electrons. The fourth-order valence-electron chi connectivity index (χ4n) is 3.60. The lowest BCUT2D eigenvalue weighted by Gasteiger charge is -2.21. The highest BCUT2D eigenvalue weighted by molar-refractivity contribution is 5.94. The molecule has 1 amide bonds. The summed E-state index contributed by atoms with van der Waals surface area (Å²) >= 11 is 0. The maximum absolute atomic E-state index is 11.4. The fraction of sp³-hybridized carbons (Fsp3) is 0.238. The van der Waals surface area contributed by atoms with Gasteiger partial charge < -0.3 is 5.32 Å². The predicted molar refractivity (Wildman–Crippen MR) is 101 cm³/mol. The minimum absolute atomic E-state index is 0.433. The van der Waals surface area contributed by atoms with E-state index in [1.165, 1.54) is 29.8 Å². The van der Waals surface area contributed by atoms with E-state index in [4.69, 9.17) is 10.2 Å². The van der Waals surface area contributed by atoms with Crippen LogP contribution in [-0.4, -0.2) is 16.1 Å². The van der Waals surface area contributed by atoms with Gasteiger partial charge in [0, 0.05) is 28.9 Å². The standard InChI is InChI=1S/C21H21N3O2/c25-21(24-26)15-11-9-14(10-12-15)13-22-20-16-5-1-3-7-18(16)23-19-8-4-2-6-17(19)20/h1,3,5,7,9-12,26H,2,4,6,8,13H2,(H,22,23)(H,24,25). The zero-order valence-electron chi connectivity index (χ0n) is 14.5. The summed E-state index contributed by atoms with van der Waals surface area (Å²) in [5.74, 6) is -0.501. The average Bonchev–Trinajstić information content (AvgIpc) is 2.71. The molecule has 0 bridgehead atoms. The van der Waals surface area contributed by atoms with Crippen LogP contribution in [0.3, 0.4) is 0 Å². The van der Waals surface area contributed by atoms with E-state index >= 15 is 0 Å². The van der Waals surface area contributed by atoms with Crippen LogP contribution in [0.25, 0.3) is 10.9 Å². The molecule has 1 heterocycles. The van der Waals surface area contributed by atoms with Crippen molar-refractivity contribution in [3.8, 4) is 0 Å². The molecule has 0 radical (unpaired) electrons. The van der Waals surface area contributed by atoms with Gasteiger partial charge in [-0.1, -0.05) is 30.3 Å². The first kappa shape index (κ1) is 16.5. The van der Waals surface area contributed by atoms with Crippen LogP contribution in [0.4, 0.5) is 5.69 Å². The summed E-state index contributed by atoms with van der Waals surface area (Å²) in [6, 6.07) is 15.5. The Labute approximate surface area is 152 Å². The van der Waals surface area contributed by atoms with Crippen LogP contribution < -0.4 is 10.8 Å². The van der Waals surface area contributed by atoms with Gasteiger partial charge in [0.1, 0.15) is 0 Å². The molecule has 0 unspecified atom stereocenters. The van der Waals surface area contributed by atoms with Crippen molar-refractivity contribution in [3.63, 3.8) is 0 Å². The number of aryl methyl sites for hydroxylation is 1. The van der Waals surface area contributed by atoms with Crippen molar-refractivity contribution in [2.75, 3.05) is 5.32 Å². The molecule has 2 aromatic carbocycles. The lowest BCUT2D eigenvalue weighted by atomic mass is 9.92. The third-order valence-corrected chi connectivity index (χ3v) is 4.96. The Kier molecular flexibility index (Phi) is 4.54. The molecular weight excluding hydrogens is 326 g/mol. The Morgan fingerprint density at radius 2 is 1.81 bits per heavy atom. The van der Waals surface area contributed by atoms with Crippen molar-refractivity contribution < 1.29 is 10.0 Å². The summed E-state index contributed by atoms with van der Waals surface area (Å²) in [5, 5.41) is 13.5. The molecule has 4 rings (SSSR count). The summed E-state index contributed by atoms with van der Waals surface area (Å²) in [4.78, 5) is 16.3. The maximum atomic E-state index is 11.4. The van der Waals surface area contributed by atoms with E-state index in [-0.39, 0.29) is 0 Å². The second kappa shape index (κ2) is 7.14. The smallest absolute Gasteiger partial charge is 0.274 e. The molecular formula is C21H21N3O2. The van der Waals surface area contributed by atoms with Crippen LogP contribution in [0.1, 0.15) is 40.0 Å². The quantitative estimate of drug-likeness (QED) is 0.495. The Balaban J connectivity index is 1.63. The number of amides is 1. The van der Waals surface area contributed by atoms with Crippen molar-refractivity contribution >= 4 is 22.5 Å². The molecule has 5 nitrogen and oxygen atoms in total. The number of nitrogens with one attached hydrogen (secondary N) is 2. The van der Waals surface area contributed by atoms with Gasteiger partial charge in [-0.15, -0.1) is 0 Å². The molecule has 0 saturated heterocycles. The number of nitrogens with zero attached hydrogens (tertiary/aromatic N) is 1. The summed E-state index contributed by atoms with van der Waals surface area (Å²) in [6.07, 6.45) is 4.50. The summed E-state index contributed by atoms with van der Waals surface area (Å²) in [5.41, 5.74) is 7.93. The normalized spacial score (nSPS) is 13.3. The highest BCUT2D eigenvalue weighted by Gasteiger charge is 2.17. The molecule has 5 heteroatoms. The van der Waals surface area contributed by atoms with Gasteiger partial charge in [-0.3, -0.25) is 15.0 Å². The Hall–Kier alpha value is -2.92. The molecule has 1 aliphatic carbocycles. The molecule has 0 fully saturated rings. The minimum atomic E-state index is -0.501. The zero-order valence-corrected chi connectivity index (χ0v) is 14.5. The second-order valence-corrected chi connectivity index (χ2v) is 6.63. The molecule has 1 aromatic heterocycles. The predicted octanol–water partition coefficient (Wildman–Crippen LogP) is 3.84. The monoisotopic (exact) mass is 347 g/mol. The molecule has 1 aliphatic rings. The largest absolute Gasteiger partial charge is 0.380 e. The summed E-state index contributed by atoms with van der Waals surface area (Å²) < 4.78 is 0. The van der Waals surface area contributed by atoms with Gasteiger partial charge in [-0.2, -0.15) is 0 Å². The van der Waals surface area contributed by atoms with Crippen molar-refractivity contribution in [2.45, 2.75) is 32.2 Å². The van der Waals surface area contributed by atoms with Crippen molar-refractivity contribution in [2.24, 2.45) is 0 Å². The van der Waals surface area contributed by atoms with E-state index in [0.717, 1.165) is 29.3 Å². The van der Waals surface area contributed by atoms with Crippen LogP contribution in [0, 0.1) is 0 Å². The highest BCUT2D eigenvalue weighted by atomic mass is 16.5. The number of aromatic nitrogens is 1. The van der Waals surface area contributed by atoms with E-state index in [9.17, 15) is 4.79 Å². The molecule has 3 aromatic rings. The number of benzene rings is 2. The van der Waals surface area contributed by atoms with E-state index in [0.29, 0.717) is 12.1 Å². The number of hydrogen-bond acceptors (Lipinski definition) is 4. The number of rotatable bonds is 4. The van der Waals surface area contributed by atoms with Crippen molar-refractivity contribution in [3.05, 3.63) is 70.9 Å². The van der Waals surface area contributed by atoms with E-state index in [1.807, 2.05) is 24.3 Å². The van der Waals surface area contributed by atoms with Crippen LogP contribution in [0.2, 0.25) is 0 Å². The van der Waals surface area contributed by atoms with E-state index in [2.05, 4.69) is 17.4 Å². The number of anilines is 1. The minimum Gasteiger partial charge on any atom is -0.380 e. The third kappa shape index (κ3) is 3.13. The van der Waals surface area contributed by atoms with Crippen molar-refractivity contribution in [1.29, 1.82) is 0 Å². The third-order valence-electron chi connectivity index (χ3n) is 4.96. The lowest BCUT2D eigenvalue weighted by molar-refractivity contribution is 0.0706. The number of pyridine rings is 1.